The molecule has 1 atom stereocenters. The van der Waals surface area contributed by atoms with Crippen LogP contribution in [-0.2, 0) is 0 Å². The smallest absolute Gasteiger partial charge is 0.0760 e. The average molecular weight is 343 g/mol. The van der Waals surface area contributed by atoms with Gasteiger partial charge in [0.05, 0.1) is 6.10 Å². The number of piperazine rings is 1. The molecule has 0 spiro atoms. The zero-order valence-corrected chi connectivity index (χ0v) is 15.1. The van der Waals surface area contributed by atoms with E-state index in [0.29, 0.717) is 0 Å². The molecule has 0 bridgehead atoms. The number of aryl methyl sites for hydroxylation is 1. The maximum Gasteiger partial charge on any atom is 0.0760 e. The number of aliphatic hydroxyl groups excluding tert-OH is 1. The largest absolute Gasteiger partial charge is 0.391 e. The standard InChI is InChI=1S/C20H26N2OS/c1-17-7-9-20(10-8-17)24-16-19(23)15-21-11-13-22(14-12-21)18-5-3-2-4-6-18/h2-10,19,23H,11-16H2,1H3/t19-/m1/s1. The van der Waals surface area contributed by atoms with Gasteiger partial charge in [-0.25, -0.2) is 0 Å². The molecular weight excluding hydrogens is 316 g/mol. The van der Waals surface area contributed by atoms with Crippen LogP contribution in [0.15, 0.2) is 59.5 Å². The molecule has 0 amide bonds. The minimum absolute atomic E-state index is 0.278. The lowest BCUT2D eigenvalue weighted by molar-refractivity contribution is 0.126. The minimum atomic E-state index is -0.278. The summed E-state index contributed by atoms with van der Waals surface area (Å²) >= 11 is 1.74. The van der Waals surface area contributed by atoms with E-state index in [-0.39, 0.29) is 6.10 Å². The molecule has 1 saturated heterocycles. The number of anilines is 1. The van der Waals surface area contributed by atoms with E-state index in [1.54, 1.807) is 11.8 Å². The van der Waals surface area contributed by atoms with E-state index in [1.165, 1.54) is 16.1 Å². The SMILES string of the molecule is Cc1ccc(SC[C@H](O)CN2CCN(c3ccccc3)CC2)cc1. The summed E-state index contributed by atoms with van der Waals surface area (Å²) in [4.78, 5) is 6.03. The number of para-hydroxylation sites is 1. The highest BCUT2D eigenvalue weighted by Gasteiger charge is 2.19. The number of benzene rings is 2. The van der Waals surface area contributed by atoms with Crippen molar-refractivity contribution in [1.82, 2.24) is 4.90 Å². The van der Waals surface area contributed by atoms with Gasteiger partial charge in [0.25, 0.3) is 0 Å². The van der Waals surface area contributed by atoms with Gasteiger partial charge in [-0.3, -0.25) is 4.90 Å². The predicted molar refractivity (Wildman–Crippen MR) is 103 cm³/mol. The van der Waals surface area contributed by atoms with Crippen molar-refractivity contribution in [2.24, 2.45) is 0 Å². The van der Waals surface area contributed by atoms with Crippen LogP contribution in [0.5, 0.6) is 0 Å². The molecule has 0 unspecified atom stereocenters. The van der Waals surface area contributed by atoms with E-state index in [4.69, 9.17) is 0 Å². The second-order valence-electron chi connectivity index (χ2n) is 6.40. The average Bonchev–Trinajstić information content (AvgIpc) is 2.63. The molecule has 0 aromatic heterocycles. The maximum atomic E-state index is 10.3. The number of hydrogen-bond acceptors (Lipinski definition) is 4. The number of nitrogens with zero attached hydrogens (tertiary/aromatic N) is 2. The van der Waals surface area contributed by atoms with Gasteiger partial charge in [0.1, 0.15) is 0 Å². The number of thioether (sulfide) groups is 1. The second kappa shape index (κ2) is 8.56. The molecule has 1 heterocycles. The fourth-order valence-electron chi connectivity index (χ4n) is 3.01. The molecule has 128 valence electrons. The summed E-state index contributed by atoms with van der Waals surface area (Å²) < 4.78 is 0. The molecule has 1 aliphatic rings. The summed E-state index contributed by atoms with van der Waals surface area (Å²) in [6.07, 6.45) is -0.278. The van der Waals surface area contributed by atoms with E-state index < -0.39 is 0 Å². The lowest BCUT2D eigenvalue weighted by atomic mass is 10.2. The molecular formula is C20H26N2OS. The Kier molecular flexibility index (Phi) is 6.18. The van der Waals surface area contributed by atoms with Crippen LogP contribution in [0.25, 0.3) is 0 Å². The number of hydrogen-bond donors (Lipinski definition) is 1. The van der Waals surface area contributed by atoms with Crippen LogP contribution in [0, 0.1) is 6.92 Å². The van der Waals surface area contributed by atoms with Crippen molar-refractivity contribution in [2.45, 2.75) is 17.9 Å². The van der Waals surface area contributed by atoms with Crippen molar-refractivity contribution in [3.05, 3.63) is 60.2 Å². The van der Waals surface area contributed by atoms with E-state index in [9.17, 15) is 5.11 Å². The highest BCUT2D eigenvalue weighted by Crippen LogP contribution is 2.20. The first-order chi connectivity index (χ1) is 11.7. The molecule has 0 saturated carbocycles. The Morgan fingerprint density at radius 1 is 0.958 bits per heavy atom. The lowest BCUT2D eigenvalue weighted by Gasteiger charge is -2.36. The van der Waals surface area contributed by atoms with Crippen molar-refractivity contribution in [2.75, 3.05) is 43.4 Å². The Balaban J connectivity index is 1.40. The van der Waals surface area contributed by atoms with Gasteiger partial charge in [-0.1, -0.05) is 35.9 Å². The van der Waals surface area contributed by atoms with Crippen LogP contribution in [0.3, 0.4) is 0 Å². The predicted octanol–water partition coefficient (Wildman–Crippen LogP) is 3.27. The Labute approximate surface area is 149 Å². The van der Waals surface area contributed by atoms with Crippen LogP contribution in [-0.4, -0.2) is 54.6 Å². The van der Waals surface area contributed by atoms with Crippen LogP contribution in [0.1, 0.15) is 5.56 Å². The number of rotatable bonds is 6. The third-order valence-corrected chi connectivity index (χ3v) is 5.58. The molecule has 1 fully saturated rings. The third kappa shape index (κ3) is 5.00. The molecule has 0 radical (unpaired) electrons. The first kappa shape index (κ1) is 17.3. The lowest BCUT2D eigenvalue weighted by Crippen LogP contribution is -2.48. The van der Waals surface area contributed by atoms with Crippen molar-refractivity contribution in [1.29, 1.82) is 0 Å². The Hall–Kier alpha value is -1.49. The van der Waals surface area contributed by atoms with E-state index >= 15 is 0 Å². The van der Waals surface area contributed by atoms with Gasteiger partial charge in [-0.15, -0.1) is 11.8 Å². The number of aliphatic hydroxyl groups is 1. The molecule has 3 rings (SSSR count). The van der Waals surface area contributed by atoms with Crippen LogP contribution < -0.4 is 4.90 Å². The topological polar surface area (TPSA) is 26.7 Å². The van der Waals surface area contributed by atoms with E-state index in [2.05, 4.69) is 71.3 Å². The Bertz CT molecular complexity index is 609. The van der Waals surface area contributed by atoms with E-state index in [1.807, 2.05) is 0 Å². The quantitative estimate of drug-likeness (QED) is 0.815. The fourth-order valence-corrected chi connectivity index (χ4v) is 3.82. The van der Waals surface area contributed by atoms with Gasteiger partial charge in [0.2, 0.25) is 0 Å². The van der Waals surface area contributed by atoms with Gasteiger partial charge in [0.15, 0.2) is 0 Å². The van der Waals surface area contributed by atoms with Crippen LogP contribution >= 0.6 is 11.8 Å². The number of β-amino-alcohol motifs (C(OH)–C–C–N with tert-alkyl or cyclic N) is 1. The fraction of sp³-hybridized carbons (Fsp3) is 0.400. The Morgan fingerprint density at radius 2 is 1.62 bits per heavy atom. The monoisotopic (exact) mass is 342 g/mol. The third-order valence-electron chi connectivity index (χ3n) is 4.43. The Morgan fingerprint density at radius 3 is 2.29 bits per heavy atom. The van der Waals surface area contributed by atoms with Crippen molar-refractivity contribution in [3.63, 3.8) is 0 Å². The van der Waals surface area contributed by atoms with Crippen molar-refractivity contribution in [3.8, 4) is 0 Å². The van der Waals surface area contributed by atoms with Gasteiger partial charge in [-0.05, 0) is 31.2 Å². The van der Waals surface area contributed by atoms with E-state index in [0.717, 1.165) is 38.5 Å². The highest BCUT2D eigenvalue weighted by atomic mass is 32.2. The summed E-state index contributed by atoms with van der Waals surface area (Å²) in [5.41, 5.74) is 2.57. The van der Waals surface area contributed by atoms with Gasteiger partial charge in [0, 0.05) is 49.1 Å². The molecule has 4 heteroatoms. The molecule has 24 heavy (non-hydrogen) atoms. The van der Waals surface area contributed by atoms with Crippen LogP contribution in [0.2, 0.25) is 0 Å². The summed E-state index contributed by atoms with van der Waals surface area (Å²) in [6, 6.07) is 19.1. The summed E-state index contributed by atoms with van der Waals surface area (Å²) in [6.45, 7) is 6.95. The molecule has 1 aliphatic heterocycles. The zero-order valence-electron chi connectivity index (χ0n) is 14.3. The van der Waals surface area contributed by atoms with Gasteiger partial charge in [-0.2, -0.15) is 0 Å². The normalized spacial score (nSPS) is 17.0. The summed E-state index contributed by atoms with van der Waals surface area (Å²) in [5.74, 6) is 0.752. The zero-order chi connectivity index (χ0) is 16.8. The minimum Gasteiger partial charge on any atom is -0.391 e. The first-order valence-electron chi connectivity index (χ1n) is 8.60. The maximum absolute atomic E-state index is 10.3. The van der Waals surface area contributed by atoms with Crippen molar-refractivity contribution < 1.29 is 5.11 Å². The van der Waals surface area contributed by atoms with Gasteiger partial charge < -0.3 is 10.0 Å². The van der Waals surface area contributed by atoms with Crippen LogP contribution in [0.4, 0.5) is 5.69 Å². The van der Waals surface area contributed by atoms with Crippen molar-refractivity contribution >= 4 is 17.4 Å². The first-order valence-corrected chi connectivity index (χ1v) is 9.59. The molecule has 3 nitrogen and oxygen atoms in total. The second-order valence-corrected chi connectivity index (χ2v) is 7.49. The summed E-state index contributed by atoms with van der Waals surface area (Å²) in [5, 5.41) is 10.3. The molecule has 2 aromatic rings. The molecule has 2 aromatic carbocycles. The van der Waals surface area contributed by atoms with Gasteiger partial charge >= 0.3 is 0 Å². The molecule has 1 N–H and O–H groups in total. The highest BCUT2D eigenvalue weighted by molar-refractivity contribution is 7.99. The molecule has 0 aliphatic carbocycles. The summed E-state index contributed by atoms with van der Waals surface area (Å²) in [7, 11) is 0.